The molecule has 0 saturated heterocycles. The number of hydrogen-bond acceptors (Lipinski definition) is 1. The Labute approximate surface area is 142 Å². The van der Waals surface area contributed by atoms with Crippen LogP contribution in [0.4, 0.5) is 5.69 Å². The van der Waals surface area contributed by atoms with Crippen LogP contribution in [0.25, 0.3) is 0 Å². The molecule has 1 aliphatic heterocycles. The lowest BCUT2D eigenvalue weighted by atomic mass is 9.63. The summed E-state index contributed by atoms with van der Waals surface area (Å²) in [6, 6.07) is 15.7. The van der Waals surface area contributed by atoms with Crippen LogP contribution in [0.15, 0.2) is 42.5 Å². The molecule has 0 saturated carbocycles. The van der Waals surface area contributed by atoms with Crippen LogP contribution in [0.2, 0.25) is 0 Å². The first-order valence-corrected chi connectivity index (χ1v) is 9.16. The molecule has 0 fully saturated rings. The number of rotatable bonds is 0. The molecule has 2 aromatic carbocycles. The van der Waals surface area contributed by atoms with Gasteiger partial charge < -0.3 is 5.32 Å². The van der Waals surface area contributed by atoms with Crippen molar-refractivity contribution in [3.63, 3.8) is 0 Å². The highest BCUT2D eigenvalue weighted by molar-refractivity contribution is 5.67. The number of benzene rings is 2. The zero-order valence-electron chi connectivity index (χ0n) is 15.5. The van der Waals surface area contributed by atoms with E-state index in [0.29, 0.717) is 5.92 Å². The maximum Gasteiger partial charge on any atom is 0.0382 e. The van der Waals surface area contributed by atoms with Gasteiger partial charge in [-0.1, -0.05) is 77.9 Å². The molecule has 1 aliphatic carbocycles. The van der Waals surface area contributed by atoms with Crippen molar-refractivity contribution in [3.05, 3.63) is 64.7 Å². The highest BCUT2D eigenvalue weighted by Crippen LogP contribution is 2.51. The molecule has 1 N–H and O–H groups in total. The smallest absolute Gasteiger partial charge is 0.0382 e. The largest absolute Gasteiger partial charge is 0.385 e. The second-order valence-corrected chi connectivity index (χ2v) is 6.25. The van der Waals surface area contributed by atoms with Crippen LogP contribution in [0, 0.1) is 0 Å². The van der Waals surface area contributed by atoms with Crippen LogP contribution < -0.4 is 5.32 Å². The molecule has 1 heterocycles. The molecular formula is C22H31N. The fraction of sp³-hybridized carbons (Fsp3) is 0.455. The molecule has 0 radical (unpaired) electrons. The van der Waals surface area contributed by atoms with Crippen LogP contribution >= 0.6 is 0 Å². The number of nitrogens with one attached hydrogen (secondary N) is 1. The van der Waals surface area contributed by atoms with E-state index in [1.165, 1.54) is 34.4 Å². The van der Waals surface area contributed by atoms with Gasteiger partial charge in [0.05, 0.1) is 0 Å². The maximum absolute atomic E-state index is 3.57. The van der Waals surface area contributed by atoms with Gasteiger partial charge in [-0.3, -0.25) is 0 Å². The van der Waals surface area contributed by atoms with Gasteiger partial charge in [0.2, 0.25) is 0 Å². The Morgan fingerprint density at radius 3 is 2.26 bits per heavy atom. The standard InChI is InChI=1S/C18H19N.2C2H6/c1-18(2)14-7-4-3-6-12(14)13-10-11-19-16-9-5-8-15(18)17(13)16;2*1-2/h3-9,13,19H,10-11H2,1-2H3;2*1-2H3. The van der Waals surface area contributed by atoms with Gasteiger partial charge in [-0.15, -0.1) is 0 Å². The molecule has 0 spiro atoms. The quantitative estimate of drug-likeness (QED) is 0.600. The van der Waals surface area contributed by atoms with Crippen LogP contribution in [0.5, 0.6) is 0 Å². The average molecular weight is 309 g/mol. The number of anilines is 1. The fourth-order valence-electron chi connectivity index (χ4n) is 3.96. The summed E-state index contributed by atoms with van der Waals surface area (Å²) in [7, 11) is 0. The van der Waals surface area contributed by atoms with E-state index in [-0.39, 0.29) is 5.41 Å². The molecule has 2 aliphatic rings. The lowest BCUT2D eigenvalue weighted by Gasteiger charge is -2.42. The topological polar surface area (TPSA) is 12.0 Å². The summed E-state index contributed by atoms with van der Waals surface area (Å²) in [5.74, 6) is 0.580. The third-order valence-corrected chi connectivity index (χ3v) is 4.89. The van der Waals surface area contributed by atoms with Gasteiger partial charge in [-0.05, 0) is 34.7 Å². The third-order valence-electron chi connectivity index (χ3n) is 4.89. The Hall–Kier alpha value is -1.76. The summed E-state index contributed by atoms with van der Waals surface area (Å²) in [6.07, 6.45) is 1.21. The summed E-state index contributed by atoms with van der Waals surface area (Å²) < 4.78 is 0. The first-order chi connectivity index (χ1) is 11.2. The minimum Gasteiger partial charge on any atom is -0.385 e. The van der Waals surface area contributed by atoms with Gasteiger partial charge >= 0.3 is 0 Å². The Morgan fingerprint density at radius 2 is 1.52 bits per heavy atom. The van der Waals surface area contributed by atoms with E-state index in [1.54, 1.807) is 0 Å². The molecule has 1 unspecified atom stereocenters. The molecule has 0 aromatic heterocycles. The number of hydrogen-bond donors (Lipinski definition) is 1. The number of fused-ring (bicyclic) bond motifs is 2. The zero-order valence-corrected chi connectivity index (χ0v) is 15.5. The SMILES string of the molecule is CC.CC.CC1(C)c2ccccc2C2CCNc3cccc1c32. The molecule has 0 amide bonds. The van der Waals surface area contributed by atoms with E-state index < -0.39 is 0 Å². The van der Waals surface area contributed by atoms with Crippen molar-refractivity contribution >= 4 is 5.69 Å². The zero-order chi connectivity index (χ0) is 17.0. The van der Waals surface area contributed by atoms with Gasteiger partial charge in [0, 0.05) is 23.6 Å². The summed E-state index contributed by atoms with van der Waals surface area (Å²) in [4.78, 5) is 0. The van der Waals surface area contributed by atoms with Crippen molar-refractivity contribution in [2.24, 2.45) is 0 Å². The van der Waals surface area contributed by atoms with E-state index in [1.807, 2.05) is 27.7 Å². The molecule has 124 valence electrons. The van der Waals surface area contributed by atoms with Crippen molar-refractivity contribution in [2.75, 3.05) is 11.9 Å². The predicted octanol–water partition coefficient (Wildman–Crippen LogP) is 6.33. The second-order valence-electron chi connectivity index (χ2n) is 6.25. The van der Waals surface area contributed by atoms with Crippen LogP contribution in [0.1, 0.15) is 76.1 Å². The second kappa shape index (κ2) is 7.21. The van der Waals surface area contributed by atoms with Gasteiger partial charge in [0.15, 0.2) is 0 Å². The molecule has 1 heteroatoms. The summed E-state index contributed by atoms with van der Waals surface area (Å²) in [5, 5.41) is 3.57. The summed E-state index contributed by atoms with van der Waals surface area (Å²) in [5.41, 5.74) is 7.53. The van der Waals surface area contributed by atoms with Gasteiger partial charge in [-0.25, -0.2) is 0 Å². The highest BCUT2D eigenvalue weighted by Gasteiger charge is 2.39. The van der Waals surface area contributed by atoms with Crippen LogP contribution in [-0.2, 0) is 5.41 Å². The molecule has 2 aromatic rings. The third kappa shape index (κ3) is 2.78. The minimum absolute atomic E-state index is 0.109. The molecule has 1 nitrogen and oxygen atoms in total. The lowest BCUT2D eigenvalue weighted by Crippen LogP contribution is -2.32. The van der Waals surface area contributed by atoms with E-state index in [4.69, 9.17) is 0 Å². The summed E-state index contributed by atoms with van der Waals surface area (Å²) >= 11 is 0. The van der Waals surface area contributed by atoms with Gasteiger partial charge in [-0.2, -0.15) is 0 Å². The van der Waals surface area contributed by atoms with Crippen molar-refractivity contribution in [2.45, 2.75) is 59.3 Å². The van der Waals surface area contributed by atoms with Crippen molar-refractivity contribution in [1.82, 2.24) is 0 Å². The van der Waals surface area contributed by atoms with E-state index in [9.17, 15) is 0 Å². The highest BCUT2D eigenvalue weighted by atomic mass is 14.9. The van der Waals surface area contributed by atoms with Crippen molar-refractivity contribution in [1.29, 1.82) is 0 Å². The Balaban J connectivity index is 0.000000448. The normalized spacial score (nSPS) is 18.8. The molecule has 4 rings (SSSR count). The van der Waals surface area contributed by atoms with Crippen LogP contribution in [0.3, 0.4) is 0 Å². The lowest BCUT2D eigenvalue weighted by molar-refractivity contribution is 0.564. The minimum atomic E-state index is 0.109. The molecule has 0 bridgehead atoms. The van der Waals surface area contributed by atoms with Crippen molar-refractivity contribution < 1.29 is 0 Å². The summed E-state index contributed by atoms with van der Waals surface area (Å²) in [6.45, 7) is 13.8. The first kappa shape index (κ1) is 17.6. The average Bonchev–Trinajstić information content (AvgIpc) is 2.63. The Morgan fingerprint density at radius 1 is 0.870 bits per heavy atom. The Kier molecular flexibility index (Phi) is 5.51. The van der Waals surface area contributed by atoms with E-state index in [0.717, 1.165) is 6.54 Å². The van der Waals surface area contributed by atoms with Crippen LogP contribution in [-0.4, -0.2) is 6.54 Å². The monoisotopic (exact) mass is 309 g/mol. The van der Waals surface area contributed by atoms with Crippen molar-refractivity contribution in [3.8, 4) is 0 Å². The maximum atomic E-state index is 3.57. The fourth-order valence-corrected chi connectivity index (χ4v) is 3.96. The first-order valence-electron chi connectivity index (χ1n) is 9.16. The van der Waals surface area contributed by atoms with Gasteiger partial charge in [0.25, 0.3) is 0 Å². The Bertz CT molecular complexity index is 655. The molecular weight excluding hydrogens is 278 g/mol. The molecule has 23 heavy (non-hydrogen) atoms. The van der Waals surface area contributed by atoms with E-state index >= 15 is 0 Å². The van der Waals surface area contributed by atoms with E-state index in [2.05, 4.69) is 61.6 Å². The van der Waals surface area contributed by atoms with Gasteiger partial charge in [0.1, 0.15) is 0 Å². The predicted molar refractivity (Wildman–Crippen MR) is 103 cm³/mol. The molecule has 1 atom stereocenters.